The Kier molecular flexibility index (Phi) is 8.83. The van der Waals surface area contributed by atoms with E-state index in [9.17, 15) is 29.7 Å². The van der Waals surface area contributed by atoms with Crippen LogP contribution < -0.4 is 20.4 Å². The Balaban J connectivity index is 1.50. The minimum atomic E-state index is -1.39. The third-order valence-corrected chi connectivity index (χ3v) is 8.51. The van der Waals surface area contributed by atoms with E-state index < -0.39 is 41.6 Å². The summed E-state index contributed by atoms with van der Waals surface area (Å²) in [6, 6.07) is 17.1. The van der Waals surface area contributed by atoms with Crippen molar-refractivity contribution in [1.29, 1.82) is 0 Å². The summed E-state index contributed by atoms with van der Waals surface area (Å²) in [5.74, 6) is -1.49. The molecule has 0 radical (unpaired) electrons. The van der Waals surface area contributed by atoms with E-state index in [0.29, 0.717) is 44.2 Å². The first kappa shape index (κ1) is 31.3. The number of hydrogen-bond acceptors (Lipinski definition) is 9. The van der Waals surface area contributed by atoms with E-state index in [0.717, 1.165) is 0 Å². The molecule has 1 aromatic heterocycles. The molecule has 0 saturated heterocycles. The number of fused-ring (bicyclic) bond motifs is 4. The third-order valence-electron chi connectivity index (χ3n) is 8.25. The van der Waals surface area contributed by atoms with Crippen molar-refractivity contribution in [1.82, 2.24) is 10.2 Å². The monoisotopic (exact) mass is 646 g/mol. The van der Waals surface area contributed by atoms with Gasteiger partial charge in [0.1, 0.15) is 23.4 Å². The Morgan fingerprint density at radius 3 is 2.52 bits per heavy atom. The molecule has 2 amide bonds. The van der Waals surface area contributed by atoms with Crippen molar-refractivity contribution in [2.45, 2.75) is 37.3 Å². The van der Waals surface area contributed by atoms with Crippen LogP contribution in [0.3, 0.4) is 0 Å². The third kappa shape index (κ3) is 5.74. The predicted molar refractivity (Wildman–Crippen MR) is 168 cm³/mol. The topological polar surface area (TPSA) is 159 Å². The average molecular weight is 647 g/mol. The Morgan fingerprint density at radius 2 is 1.80 bits per heavy atom. The number of benzene rings is 3. The van der Waals surface area contributed by atoms with Crippen LogP contribution in [-0.2, 0) is 17.9 Å². The molecular formula is C34H31ClN2O9. The van der Waals surface area contributed by atoms with Gasteiger partial charge in [0.25, 0.3) is 5.91 Å². The molecule has 3 aromatic carbocycles. The van der Waals surface area contributed by atoms with Crippen LogP contribution in [0.4, 0.5) is 0 Å². The maximum Gasteiger partial charge on any atom is 0.349 e. The standard InChI is InChI=1S/C34H31ClN2O9/c1-44-27-13-19(17-39)12-22-28-23(32(41)36-10-11-38)15-25(29(40)31(28)46-30(22)27)37(16-18-6-8-21(35)9-7-18)33(42)24-14-20-4-2-3-5-26(20)45-34(24)43/h2-9,12-15,25,28-29,31,38-40H,10-11,16-17H2,1H3,(H,36,41)/t25-,28+,29+,31+/m1/s1. The van der Waals surface area contributed by atoms with Crippen LogP contribution in [0.2, 0.25) is 5.02 Å². The lowest BCUT2D eigenvalue weighted by Gasteiger charge is -2.40. The molecular weight excluding hydrogens is 616 g/mol. The fourth-order valence-electron chi connectivity index (χ4n) is 6.08. The number of aliphatic hydroxyl groups is 3. The molecule has 4 atom stereocenters. The summed E-state index contributed by atoms with van der Waals surface area (Å²) in [6.45, 7) is -0.734. The number of hydrogen-bond donors (Lipinski definition) is 4. The van der Waals surface area contributed by atoms with Gasteiger partial charge in [0.05, 0.1) is 32.3 Å². The van der Waals surface area contributed by atoms with Gasteiger partial charge in [-0.2, -0.15) is 0 Å². The molecule has 0 fully saturated rings. The second-order valence-corrected chi connectivity index (χ2v) is 11.5. The molecule has 4 aromatic rings. The average Bonchev–Trinajstić information content (AvgIpc) is 3.46. The van der Waals surface area contributed by atoms with Crippen molar-refractivity contribution in [3.63, 3.8) is 0 Å². The second-order valence-electron chi connectivity index (χ2n) is 11.1. The largest absolute Gasteiger partial charge is 0.493 e. The highest BCUT2D eigenvalue weighted by Crippen LogP contribution is 2.51. The number of aliphatic hydroxyl groups excluding tert-OH is 3. The molecule has 46 heavy (non-hydrogen) atoms. The normalized spacial score (nSPS) is 19.9. The first-order valence-corrected chi connectivity index (χ1v) is 15.0. The van der Waals surface area contributed by atoms with Gasteiger partial charge >= 0.3 is 5.63 Å². The molecule has 0 spiro atoms. The predicted octanol–water partition coefficient (Wildman–Crippen LogP) is 2.91. The first-order chi connectivity index (χ1) is 22.2. The number of para-hydroxylation sites is 1. The van der Waals surface area contributed by atoms with Crippen LogP contribution >= 0.6 is 11.6 Å². The summed E-state index contributed by atoms with van der Waals surface area (Å²) >= 11 is 6.11. The Hall–Kier alpha value is -4.68. The fraction of sp³-hybridized carbons (Fsp3) is 0.265. The fourth-order valence-corrected chi connectivity index (χ4v) is 6.21. The van der Waals surface area contributed by atoms with E-state index in [-0.39, 0.29) is 37.4 Å². The van der Waals surface area contributed by atoms with Crippen molar-refractivity contribution in [3.8, 4) is 11.5 Å². The van der Waals surface area contributed by atoms with Crippen LogP contribution in [0.5, 0.6) is 11.5 Å². The van der Waals surface area contributed by atoms with Gasteiger partial charge in [0, 0.05) is 34.6 Å². The smallest absolute Gasteiger partial charge is 0.349 e. The molecule has 12 heteroatoms. The number of methoxy groups -OCH3 is 1. The molecule has 6 rings (SSSR count). The van der Waals surface area contributed by atoms with Gasteiger partial charge in [0.2, 0.25) is 5.91 Å². The number of carbonyl (C=O) groups excluding carboxylic acids is 2. The van der Waals surface area contributed by atoms with Crippen molar-refractivity contribution in [3.05, 3.63) is 116 Å². The molecule has 0 saturated carbocycles. The van der Waals surface area contributed by atoms with Crippen LogP contribution in [0.1, 0.15) is 33.0 Å². The molecule has 2 heterocycles. The molecule has 4 N–H and O–H groups in total. The Morgan fingerprint density at radius 1 is 1.04 bits per heavy atom. The van der Waals surface area contributed by atoms with Crippen molar-refractivity contribution >= 4 is 34.4 Å². The SMILES string of the molecule is COc1cc(CO)cc2c1O[C@@H]1[C@@H](O)[C@H](N(Cc3ccc(Cl)cc3)C(=O)c3cc4ccccc4oc3=O)C=C(C(=O)NCCO)[C@H]21. The molecule has 0 bridgehead atoms. The number of amides is 2. The van der Waals surface area contributed by atoms with Gasteiger partial charge in [-0.1, -0.05) is 41.9 Å². The van der Waals surface area contributed by atoms with E-state index >= 15 is 0 Å². The number of halogens is 1. The Bertz CT molecular complexity index is 1890. The van der Waals surface area contributed by atoms with E-state index in [1.54, 1.807) is 60.7 Å². The highest BCUT2D eigenvalue weighted by Gasteiger charge is 2.51. The summed E-state index contributed by atoms with van der Waals surface area (Å²) in [4.78, 5) is 42.4. The van der Waals surface area contributed by atoms with Crippen LogP contribution in [-0.4, -0.2) is 70.5 Å². The lowest BCUT2D eigenvalue weighted by Crippen LogP contribution is -2.55. The molecule has 238 valence electrons. The van der Waals surface area contributed by atoms with Crippen LogP contribution in [0.15, 0.2) is 87.6 Å². The van der Waals surface area contributed by atoms with Crippen LogP contribution in [0.25, 0.3) is 11.0 Å². The van der Waals surface area contributed by atoms with E-state index in [2.05, 4.69) is 5.32 Å². The summed E-state index contributed by atoms with van der Waals surface area (Å²) in [6.07, 6.45) is -0.958. The van der Waals surface area contributed by atoms with Gasteiger partial charge in [-0.3, -0.25) is 9.59 Å². The van der Waals surface area contributed by atoms with Gasteiger partial charge in [-0.15, -0.1) is 0 Å². The van der Waals surface area contributed by atoms with E-state index in [4.69, 9.17) is 25.5 Å². The lowest BCUT2D eigenvalue weighted by atomic mass is 9.77. The number of ether oxygens (including phenoxy) is 2. The lowest BCUT2D eigenvalue weighted by molar-refractivity contribution is -0.118. The number of rotatable bonds is 9. The summed E-state index contributed by atoms with van der Waals surface area (Å²) in [5, 5.41) is 35.0. The van der Waals surface area contributed by atoms with Gasteiger partial charge < -0.3 is 39.4 Å². The minimum Gasteiger partial charge on any atom is -0.493 e. The molecule has 1 aliphatic heterocycles. The van der Waals surface area contributed by atoms with Crippen molar-refractivity contribution in [2.24, 2.45) is 0 Å². The molecule has 0 unspecified atom stereocenters. The quantitative estimate of drug-likeness (QED) is 0.201. The summed E-state index contributed by atoms with van der Waals surface area (Å²) in [5.41, 5.74) is 1.03. The van der Waals surface area contributed by atoms with Crippen molar-refractivity contribution in [2.75, 3.05) is 20.3 Å². The number of nitrogens with zero attached hydrogens (tertiary/aromatic N) is 1. The van der Waals surface area contributed by atoms with E-state index in [1.807, 2.05) is 0 Å². The summed E-state index contributed by atoms with van der Waals surface area (Å²) < 4.78 is 17.3. The molecule has 11 nitrogen and oxygen atoms in total. The minimum absolute atomic E-state index is 0.0416. The van der Waals surface area contributed by atoms with Crippen LogP contribution in [0, 0.1) is 0 Å². The number of nitrogens with one attached hydrogen (secondary N) is 1. The maximum absolute atomic E-state index is 14.3. The zero-order valence-corrected chi connectivity index (χ0v) is 25.4. The maximum atomic E-state index is 14.3. The number of carbonyl (C=O) groups is 2. The summed E-state index contributed by atoms with van der Waals surface area (Å²) in [7, 11) is 1.44. The van der Waals surface area contributed by atoms with Gasteiger partial charge in [-0.05, 0) is 53.6 Å². The Labute approximate surface area is 268 Å². The van der Waals surface area contributed by atoms with E-state index in [1.165, 1.54) is 24.2 Å². The first-order valence-electron chi connectivity index (χ1n) is 14.6. The van der Waals surface area contributed by atoms with Crippen molar-refractivity contribution < 1.29 is 38.8 Å². The zero-order valence-electron chi connectivity index (χ0n) is 24.7. The zero-order chi connectivity index (χ0) is 32.5. The van der Waals surface area contributed by atoms with Gasteiger partial charge in [0.15, 0.2) is 11.5 Å². The highest BCUT2D eigenvalue weighted by molar-refractivity contribution is 6.30. The molecule has 1 aliphatic carbocycles. The highest BCUT2D eigenvalue weighted by atomic mass is 35.5. The molecule has 2 aliphatic rings. The van der Waals surface area contributed by atoms with Gasteiger partial charge in [-0.25, -0.2) is 4.79 Å². The second kappa shape index (κ2) is 13.0.